The zero-order valence-electron chi connectivity index (χ0n) is 11.1. The van der Waals surface area contributed by atoms with Crippen molar-refractivity contribution in [2.24, 2.45) is 0 Å². The summed E-state index contributed by atoms with van der Waals surface area (Å²) in [6.07, 6.45) is 1.74. The Morgan fingerprint density at radius 1 is 1.26 bits per heavy atom. The molecule has 1 saturated heterocycles. The van der Waals surface area contributed by atoms with Crippen molar-refractivity contribution in [1.82, 2.24) is 20.3 Å². The summed E-state index contributed by atoms with van der Waals surface area (Å²) in [6, 6.07) is 6.15. The number of hydrogen-bond acceptors (Lipinski definition) is 4. The Balaban J connectivity index is 1.88. The first kappa shape index (κ1) is 12.0. The van der Waals surface area contributed by atoms with Crippen LogP contribution in [-0.4, -0.2) is 33.9 Å². The number of nitrogens with zero attached hydrogens (tertiary/aromatic N) is 3. The third kappa shape index (κ3) is 2.29. The lowest BCUT2D eigenvalue weighted by Gasteiger charge is -2.26. The van der Waals surface area contributed by atoms with Crippen molar-refractivity contribution >= 4 is 5.78 Å². The maximum absolute atomic E-state index is 12.4. The summed E-state index contributed by atoms with van der Waals surface area (Å²) < 4.78 is 1.77. The fourth-order valence-corrected chi connectivity index (χ4v) is 2.27. The minimum absolute atomic E-state index is 0.0645. The minimum atomic E-state index is -0.0645. The molecular weight excluding hydrogens is 240 g/mol. The normalized spacial score (nSPS) is 15.3. The molecule has 0 spiro atoms. The van der Waals surface area contributed by atoms with Gasteiger partial charge in [0.1, 0.15) is 0 Å². The highest BCUT2D eigenvalue weighted by Gasteiger charge is 2.22. The largest absolute Gasteiger partial charge is 0.312 e. The molecule has 0 aliphatic carbocycles. The predicted octanol–water partition coefficient (Wildman–Crippen LogP) is 1.27. The Morgan fingerprint density at radius 3 is 2.53 bits per heavy atom. The monoisotopic (exact) mass is 256 g/mol. The molecule has 19 heavy (non-hydrogen) atoms. The highest BCUT2D eigenvalue weighted by Crippen LogP contribution is 2.15. The Kier molecular flexibility index (Phi) is 2.91. The van der Waals surface area contributed by atoms with Crippen LogP contribution in [0.2, 0.25) is 0 Å². The van der Waals surface area contributed by atoms with Crippen molar-refractivity contribution in [2.45, 2.75) is 19.9 Å². The highest BCUT2D eigenvalue weighted by atomic mass is 16.1. The molecular formula is C14H16N4O. The van der Waals surface area contributed by atoms with Crippen LogP contribution >= 0.6 is 0 Å². The van der Waals surface area contributed by atoms with Crippen LogP contribution in [0.5, 0.6) is 0 Å². The van der Waals surface area contributed by atoms with Gasteiger partial charge in [0.15, 0.2) is 5.69 Å². The van der Waals surface area contributed by atoms with Gasteiger partial charge in [0, 0.05) is 18.7 Å². The van der Waals surface area contributed by atoms with E-state index in [4.69, 9.17) is 0 Å². The van der Waals surface area contributed by atoms with Gasteiger partial charge in [-0.3, -0.25) is 4.79 Å². The van der Waals surface area contributed by atoms with Gasteiger partial charge in [0.05, 0.1) is 12.2 Å². The van der Waals surface area contributed by atoms with Gasteiger partial charge in [0.2, 0.25) is 5.78 Å². The van der Waals surface area contributed by atoms with E-state index in [0.717, 1.165) is 24.2 Å². The van der Waals surface area contributed by atoms with Crippen molar-refractivity contribution in [3.8, 4) is 0 Å². The molecule has 0 atom stereocenters. The molecule has 5 heteroatoms. The summed E-state index contributed by atoms with van der Waals surface area (Å²) in [5, 5.41) is 11.2. The first-order valence-corrected chi connectivity index (χ1v) is 6.39. The van der Waals surface area contributed by atoms with Crippen molar-refractivity contribution in [3.05, 3.63) is 46.8 Å². The quantitative estimate of drug-likeness (QED) is 0.840. The summed E-state index contributed by atoms with van der Waals surface area (Å²) >= 11 is 0. The fourth-order valence-electron chi connectivity index (χ4n) is 2.27. The summed E-state index contributed by atoms with van der Waals surface area (Å²) in [5.74, 6) is -0.0645. The van der Waals surface area contributed by atoms with E-state index in [2.05, 4.69) is 15.6 Å². The van der Waals surface area contributed by atoms with Crippen LogP contribution < -0.4 is 5.32 Å². The van der Waals surface area contributed by atoms with E-state index < -0.39 is 0 Å². The molecule has 98 valence electrons. The topological polar surface area (TPSA) is 59.8 Å². The lowest BCUT2D eigenvalue weighted by atomic mass is 10.0. The maximum atomic E-state index is 12.4. The summed E-state index contributed by atoms with van der Waals surface area (Å²) in [4.78, 5) is 12.4. The second kappa shape index (κ2) is 4.59. The zero-order chi connectivity index (χ0) is 13.4. The first-order valence-electron chi connectivity index (χ1n) is 6.39. The van der Waals surface area contributed by atoms with Gasteiger partial charge in [-0.25, -0.2) is 4.68 Å². The van der Waals surface area contributed by atoms with Crippen LogP contribution in [0.1, 0.15) is 33.2 Å². The average molecular weight is 256 g/mol. The number of aromatic nitrogens is 3. The number of hydrogen-bond donors (Lipinski definition) is 1. The molecule has 0 bridgehead atoms. The number of carbonyl (C=O) groups excluding carboxylic acids is 1. The van der Waals surface area contributed by atoms with Crippen LogP contribution in [0.4, 0.5) is 0 Å². The number of benzene rings is 1. The number of rotatable bonds is 3. The standard InChI is InChI=1S/C14H16N4O/c1-9-3-10(2)5-11(4-9)14(19)13-8-18(17-16-13)12-6-15-7-12/h3-5,8,12,15H,6-7H2,1-2H3. The molecule has 1 fully saturated rings. The molecule has 2 aromatic rings. The predicted molar refractivity (Wildman–Crippen MR) is 71.3 cm³/mol. The molecule has 0 radical (unpaired) electrons. The molecule has 1 aromatic carbocycles. The third-order valence-electron chi connectivity index (χ3n) is 3.36. The van der Waals surface area contributed by atoms with Crippen molar-refractivity contribution in [2.75, 3.05) is 13.1 Å². The van der Waals surface area contributed by atoms with Crippen LogP contribution in [0.15, 0.2) is 24.4 Å². The van der Waals surface area contributed by atoms with Gasteiger partial charge < -0.3 is 5.32 Å². The Labute approximate surface area is 111 Å². The summed E-state index contributed by atoms with van der Waals surface area (Å²) in [7, 11) is 0. The maximum Gasteiger partial charge on any atom is 0.214 e. The smallest absolute Gasteiger partial charge is 0.214 e. The molecule has 2 heterocycles. The SMILES string of the molecule is Cc1cc(C)cc(C(=O)c2cn(C3CNC3)nn2)c1. The Morgan fingerprint density at radius 2 is 1.95 bits per heavy atom. The van der Waals surface area contributed by atoms with Gasteiger partial charge in [-0.1, -0.05) is 22.4 Å². The van der Waals surface area contributed by atoms with E-state index >= 15 is 0 Å². The number of nitrogens with one attached hydrogen (secondary N) is 1. The van der Waals surface area contributed by atoms with E-state index in [1.54, 1.807) is 10.9 Å². The van der Waals surface area contributed by atoms with Crippen LogP contribution in [0, 0.1) is 13.8 Å². The molecule has 0 saturated carbocycles. The Hall–Kier alpha value is -2.01. The van der Waals surface area contributed by atoms with Crippen molar-refractivity contribution in [1.29, 1.82) is 0 Å². The van der Waals surface area contributed by atoms with Crippen LogP contribution in [0.3, 0.4) is 0 Å². The molecule has 1 aliphatic heterocycles. The number of carbonyl (C=O) groups is 1. The highest BCUT2D eigenvalue weighted by molar-refractivity contribution is 6.07. The van der Waals surface area contributed by atoms with Gasteiger partial charge >= 0.3 is 0 Å². The molecule has 1 aliphatic rings. The second-order valence-electron chi connectivity index (χ2n) is 5.10. The summed E-state index contributed by atoms with van der Waals surface area (Å²) in [5.41, 5.74) is 3.26. The second-order valence-corrected chi connectivity index (χ2v) is 5.10. The van der Waals surface area contributed by atoms with E-state index in [-0.39, 0.29) is 5.78 Å². The average Bonchev–Trinajstić information content (AvgIpc) is 2.73. The Bertz CT molecular complexity index is 608. The van der Waals surface area contributed by atoms with Gasteiger partial charge in [-0.2, -0.15) is 0 Å². The first-order chi connectivity index (χ1) is 9.13. The van der Waals surface area contributed by atoms with Gasteiger partial charge in [0.25, 0.3) is 0 Å². The minimum Gasteiger partial charge on any atom is -0.312 e. The molecule has 0 amide bonds. The van der Waals surface area contributed by atoms with Gasteiger partial charge in [-0.15, -0.1) is 5.10 Å². The van der Waals surface area contributed by atoms with E-state index in [1.807, 2.05) is 32.0 Å². The van der Waals surface area contributed by atoms with E-state index in [0.29, 0.717) is 17.3 Å². The molecule has 1 aromatic heterocycles. The summed E-state index contributed by atoms with van der Waals surface area (Å²) in [6.45, 7) is 5.75. The molecule has 3 rings (SSSR count). The lowest BCUT2D eigenvalue weighted by Crippen LogP contribution is -2.43. The number of aryl methyl sites for hydroxylation is 2. The molecule has 0 unspecified atom stereocenters. The van der Waals surface area contributed by atoms with Crippen LogP contribution in [0.25, 0.3) is 0 Å². The van der Waals surface area contributed by atoms with Crippen molar-refractivity contribution < 1.29 is 4.79 Å². The lowest BCUT2D eigenvalue weighted by molar-refractivity contribution is 0.103. The van der Waals surface area contributed by atoms with E-state index in [1.165, 1.54) is 0 Å². The molecule has 1 N–H and O–H groups in total. The van der Waals surface area contributed by atoms with Gasteiger partial charge in [-0.05, 0) is 26.0 Å². The molecule has 5 nitrogen and oxygen atoms in total. The number of ketones is 1. The van der Waals surface area contributed by atoms with Crippen molar-refractivity contribution in [3.63, 3.8) is 0 Å². The van der Waals surface area contributed by atoms with E-state index in [9.17, 15) is 4.79 Å². The fraction of sp³-hybridized carbons (Fsp3) is 0.357. The third-order valence-corrected chi connectivity index (χ3v) is 3.36. The zero-order valence-corrected chi connectivity index (χ0v) is 11.1. The van der Waals surface area contributed by atoms with Crippen LogP contribution in [-0.2, 0) is 0 Å².